The van der Waals surface area contributed by atoms with E-state index in [-0.39, 0.29) is 19.5 Å². The zero-order valence-corrected chi connectivity index (χ0v) is 25.1. The van der Waals surface area contributed by atoms with Crippen LogP contribution in [-0.4, -0.2) is 10.4 Å². The molecular weight excluding hydrogens is 614 g/mol. The first-order valence-electron chi connectivity index (χ1n) is 13.3. The average Bonchev–Trinajstić information content (AvgIpc) is 2.99. The Kier molecular flexibility index (Phi) is 10.3. The molecule has 0 aromatic heterocycles. The van der Waals surface area contributed by atoms with Gasteiger partial charge in [-0.1, -0.05) is 114 Å². The van der Waals surface area contributed by atoms with Gasteiger partial charge in [0.25, 0.3) is 0 Å². The van der Waals surface area contributed by atoms with Crippen LogP contribution in [0.15, 0.2) is 84.9 Å². The van der Waals surface area contributed by atoms with E-state index in [1.165, 1.54) is 0 Å². The van der Waals surface area contributed by atoms with Crippen LogP contribution < -0.4 is 11.5 Å². The summed E-state index contributed by atoms with van der Waals surface area (Å²) in [7, 11) is 0. The summed E-state index contributed by atoms with van der Waals surface area (Å²) < 4.78 is 0. The lowest BCUT2D eigenvalue weighted by molar-refractivity contribution is -0.319. The average molecular weight is 648 g/mol. The van der Waals surface area contributed by atoms with Gasteiger partial charge in [0, 0.05) is 12.1 Å². The first kappa shape index (κ1) is 32.7. The molecule has 2 unspecified atom stereocenters. The molecule has 4 aromatic carbocycles. The number of fused-ring (bicyclic) bond motifs is 2. The van der Waals surface area contributed by atoms with E-state index in [4.69, 9.17) is 62.8 Å². The molecule has 42 heavy (non-hydrogen) atoms. The van der Waals surface area contributed by atoms with Crippen molar-refractivity contribution in [3.63, 3.8) is 0 Å². The number of halogens is 4. The molecule has 6 N–H and O–H groups in total. The molecule has 0 radical (unpaired) electrons. The van der Waals surface area contributed by atoms with E-state index in [1.54, 1.807) is 24.3 Å². The lowest BCUT2D eigenvalue weighted by atomic mass is 9.73. The predicted molar refractivity (Wildman–Crippen MR) is 172 cm³/mol. The SMILES string of the molecule is C.N[C@@H]1CCC(O)(c2ccc(Cl)c(Cl)c2)c2ccccc21.N[C@@H]1CCC(OO)(c2ccc(Cl)c(Cl)c2)c2ccccc21. The molecular formula is C33H34Cl4N2O3. The molecule has 0 spiro atoms. The minimum atomic E-state index is -1.05. The van der Waals surface area contributed by atoms with Crippen LogP contribution in [0.3, 0.4) is 0 Å². The Morgan fingerprint density at radius 2 is 1.12 bits per heavy atom. The zero-order chi connectivity index (χ0) is 29.4. The fourth-order valence-corrected chi connectivity index (χ4v) is 6.53. The molecule has 0 saturated carbocycles. The molecule has 6 rings (SSSR count). The summed E-state index contributed by atoms with van der Waals surface area (Å²) in [4.78, 5) is 4.98. The Morgan fingerprint density at radius 3 is 1.69 bits per heavy atom. The van der Waals surface area contributed by atoms with Gasteiger partial charge in [-0.15, -0.1) is 0 Å². The maximum absolute atomic E-state index is 11.2. The van der Waals surface area contributed by atoms with Crippen LogP contribution >= 0.6 is 46.4 Å². The molecule has 0 fully saturated rings. The predicted octanol–water partition coefficient (Wildman–Crippen LogP) is 9.18. The van der Waals surface area contributed by atoms with Crippen molar-refractivity contribution in [2.75, 3.05) is 0 Å². The van der Waals surface area contributed by atoms with Gasteiger partial charge in [0.05, 0.1) is 20.1 Å². The third-order valence-corrected chi connectivity index (χ3v) is 9.64. The van der Waals surface area contributed by atoms with Gasteiger partial charge in [-0.25, -0.2) is 4.89 Å². The molecule has 0 amide bonds. The van der Waals surface area contributed by atoms with Gasteiger partial charge in [0.15, 0.2) is 5.60 Å². The molecule has 0 bridgehead atoms. The van der Waals surface area contributed by atoms with Crippen molar-refractivity contribution in [3.8, 4) is 0 Å². The second-order valence-corrected chi connectivity index (χ2v) is 12.1. The van der Waals surface area contributed by atoms with Gasteiger partial charge in [-0.05, 0) is 83.3 Å². The van der Waals surface area contributed by atoms with Crippen LogP contribution in [0.5, 0.6) is 0 Å². The Hall–Kier alpha value is -2.16. The molecule has 0 aliphatic heterocycles. The van der Waals surface area contributed by atoms with Gasteiger partial charge < -0.3 is 16.6 Å². The van der Waals surface area contributed by atoms with Crippen LogP contribution in [0.2, 0.25) is 20.1 Å². The first-order valence-corrected chi connectivity index (χ1v) is 14.8. The zero-order valence-electron chi connectivity index (χ0n) is 22.0. The normalized spacial score (nSPS) is 24.4. The standard InChI is InChI=1S/C16H15Cl2NO2.C16H15Cl2NO.CH4/c17-13-6-5-10(9-14(13)18)16(21-20)8-7-15(19)11-3-1-2-4-12(11)16;17-13-6-5-10(9-14(13)18)16(20)8-7-15(19)11-3-1-2-4-12(11)16;/h1-6,9,15,20H,7-8,19H2;1-6,9,15,20H,7-8,19H2;1H4/t2*15-,16?;/m11./s1. The number of nitrogens with two attached hydrogens (primary N) is 2. The number of aliphatic hydroxyl groups is 1. The molecule has 5 nitrogen and oxygen atoms in total. The molecule has 4 aromatic rings. The van der Waals surface area contributed by atoms with E-state index >= 15 is 0 Å². The second-order valence-electron chi connectivity index (χ2n) is 10.5. The Bertz CT molecular complexity index is 1570. The lowest BCUT2D eigenvalue weighted by Gasteiger charge is -2.39. The lowest BCUT2D eigenvalue weighted by Crippen LogP contribution is -2.37. The number of hydrogen-bond acceptors (Lipinski definition) is 5. The Morgan fingerprint density at radius 1 is 0.643 bits per heavy atom. The van der Waals surface area contributed by atoms with Gasteiger partial charge >= 0.3 is 0 Å². The third kappa shape index (κ3) is 5.96. The van der Waals surface area contributed by atoms with Gasteiger partial charge in [-0.3, -0.25) is 5.26 Å². The molecule has 2 aliphatic rings. The van der Waals surface area contributed by atoms with E-state index in [0.29, 0.717) is 39.4 Å². The minimum Gasteiger partial charge on any atom is -0.380 e. The van der Waals surface area contributed by atoms with E-state index in [2.05, 4.69) is 0 Å². The fourth-order valence-electron chi connectivity index (χ4n) is 5.94. The molecule has 0 saturated heterocycles. The van der Waals surface area contributed by atoms with Crippen molar-refractivity contribution in [1.82, 2.24) is 0 Å². The number of rotatable bonds is 3. The highest BCUT2D eigenvalue weighted by Crippen LogP contribution is 2.47. The second kappa shape index (κ2) is 13.2. The number of benzene rings is 4. The maximum atomic E-state index is 11.2. The van der Waals surface area contributed by atoms with Crippen LogP contribution in [0, 0.1) is 0 Å². The summed E-state index contributed by atoms with van der Waals surface area (Å²) in [6.07, 6.45) is 2.58. The summed E-state index contributed by atoms with van der Waals surface area (Å²) in [5, 5.41) is 22.7. The van der Waals surface area contributed by atoms with E-state index in [0.717, 1.165) is 39.8 Å². The smallest absolute Gasteiger partial charge is 0.154 e. The summed E-state index contributed by atoms with van der Waals surface area (Å²) in [6.45, 7) is 0. The first-order chi connectivity index (χ1) is 19.6. The Labute approximate surface area is 266 Å². The molecule has 9 heteroatoms. The third-order valence-electron chi connectivity index (χ3n) is 8.16. The van der Waals surface area contributed by atoms with Crippen molar-refractivity contribution >= 4 is 46.4 Å². The van der Waals surface area contributed by atoms with Crippen molar-refractivity contribution in [3.05, 3.63) is 138 Å². The van der Waals surface area contributed by atoms with Crippen LogP contribution in [0.1, 0.15) is 78.6 Å². The van der Waals surface area contributed by atoms with E-state index < -0.39 is 11.2 Å². The summed E-state index contributed by atoms with van der Waals surface area (Å²) in [5.41, 5.74) is 15.5. The van der Waals surface area contributed by atoms with E-state index in [9.17, 15) is 10.4 Å². The summed E-state index contributed by atoms with van der Waals surface area (Å²) in [6, 6.07) is 25.9. The van der Waals surface area contributed by atoms with Crippen LogP contribution in [-0.2, 0) is 16.1 Å². The quantitative estimate of drug-likeness (QED) is 0.131. The summed E-state index contributed by atoms with van der Waals surface area (Å²) in [5.74, 6) is 0. The van der Waals surface area contributed by atoms with Crippen molar-refractivity contribution in [2.24, 2.45) is 11.5 Å². The molecule has 222 valence electrons. The minimum absolute atomic E-state index is 0. The Balaban J connectivity index is 0.000000189. The van der Waals surface area contributed by atoms with Crippen LogP contribution in [0.25, 0.3) is 0 Å². The topological polar surface area (TPSA) is 102 Å². The molecule has 4 atom stereocenters. The highest BCUT2D eigenvalue weighted by molar-refractivity contribution is 6.42. The van der Waals surface area contributed by atoms with Crippen LogP contribution in [0.4, 0.5) is 0 Å². The molecule has 0 heterocycles. The number of hydrogen-bond donors (Lipinski definition) is 4. The fraction of sp³-hybridized carbons (Fsp3) is 0.273. The van der Waals surface area contributed by atoms with Gasteiger partial charge in [-0.2, -0.15) is 0 Å². The van der Waals surface area contributed by atoms with Crippen molar-refractivity contribution < 1.29 is 15.3 Å². The molecule has 2 aliphatic carbocycles. The van der Waals surface area contributed by atoms with Gasteiger partial charge in [0.1, 0.15) is 5.60 Å². The van der Waals surface area contributed by atoms with Crippen molar-refractivity contribution in [2.45, 2.75) is 56.4 Å². The maximum Gasteiger partial charge on any atom is 0.154 e. The monoisotopic (exact) mass is 646 g/mol. The highest BCUT2D eigenvalue weighted by Gasteiger charge is 2.42. The van der Waals surface area contributed by atoms with Gasteiger partial charge in [0.2, 0.25) is 0 Å². The summed E-state index contributed by atoms with van der Waals surface area (Å²) >= 11 is 24.1. The largest absolute Gasteiger partial charge is 0.380 e. The van der Waals surface area contributed by atoms with Crippen molar-refractivity contribution in [1.29, 1.82) is 0 Å². The highest BCUT2D eigenvalue weighted by atomic mass is 35.5. The van der Waals surface area contributed by atoms with E-state index in [1.807, 2.05) is 60.7 Å².